The summed E-state index contributed by atoms with van der Waals surface area (Å²) in [6.07, 6.45) is 0. The van der Waals surface area contributed by atoms with Gasteiger partial charge in [-0.05, 0) is 36.1 Å². The Morgan fingerprint density at radius 1 is 1.35 bits per heavy atom. The first-order valence-corrected chi connectivity index (χ1v) is 7.20. The van der Waals surface area contributed by atoms with Crippen molar-refractivity contribution in [2.24, 2.45) is 0 Å². The monoisotopic (exact) mass is 290 g/mol. The number of methoxy groups -OCH3 is 1. The number of nitrogens with one attached hydrogen (secondary N) is 2. The number of aryl methyl sites for hydroxylation is 1. The molecule has 0 unspecified atom stereocenters. The second-order valence-corrected chi connectivity index (χ2v) is 5.48. The first-order valence-electron chi connectivity index (χ1n) is 6.32. The maximum absolute atomic E-state index is 11.1. The van der Waals surface area contributed by atoms with E-state index in [0.717, 1.165) is 12.2 Å². The third kappa shape index (κ3) is 3.51. The van der Waals surface area contributed by atoms with Crippen molar-refractivity contribution in [3.8, 4) is 5.75 Å². The van der Waals surface area contributed by atoms with Crippen molar-refractivity contribution in [2.45, 2.75) is 20.4 Å². The molecule has 1 heterocycles. The van der Waals surface area contributed by atoms with E-state index in [1.54, 1.807) is 18.4 Å². The number of carbonyl (C=O) groups is 1. The molecule has 0 spiro atoms. The van der Waals surface area contributed by atoms with Gasteiger partial charge < -0.3 is 15.4 Å². The van der Waals surface area contributed by atoms with E-state index in [1.807, 2.05) is 18.2 Å². The number of rotatable bonds is 5. The van der Waals surface area contributed by atoms with Crippen molar-refractivity contribution in [1.29, 1.82) is 0 Å². The molecular formula is C15H18N2O2S. The van der Waals surface area contributed by atoms with E-state index in [1.165, 1.54) is 17.4 Å². The Hall–Kier alpha value is -2.01. The minimum absolute atomic E-state index is 0.113. The highest BCUT2D eigenvalue weighted by atomic mass is 32.1. The summed E-state index contributed by atoms with van der Waals surface area (Å²) in [7, 11) is 1.59. The number of hydrogen-bond acceptors (Lipinski definition) is 4. The van der Waals surface area contributed by atoms with Gasteiger partial charge in [-0.3, -0.25) is 4.79 Å². The summed E-state index contributed by atoms with van der Waals surface area (Å²) in [5, 5.41) is 8.19. The van der Waals surface area contributed by atoms with E-state index in [0.29, 0.717) is 11.4 Å². The maximum atomic E-state index is 11.1. The Morgan fingerprint density at radius 2 is 2.15 bits per heavy atom. The molecule has 1 aromatic carbocycles. The number of amides is 1. The van der Waals surface area contributed by atoms with Crippen LogP contribution >= 0.6 is 11.3 Å². The van der Waals surface area contributed by atoms with Crippen molar-refractivity contribution in [3.63, 3.8) is 0 Å². The summed E-state index contributed by atoms with van der Waals surface area (Å²) in [6.45, 7) is 4.37. The molecule has 0 atom stereocenters. The fourth-order valence-electron chi connectivity index (χ4n) is 1.86. The predicted octanol–water partition coefficient (Wildman–Crippen LogP) is 3.64. The van der Waals surface area contributed by atoms with Crippen LogP contribution in [0.2, 0.25) is 0 Å². The highest BCUT2D eigenvalue weighted by molar-refractivity contribution is 7.10. The van der Waals surface area contributed by atoms with E-state index < -0.39 is 0 Å². The third-order valence-corrected chi connectivity index (χ3v) is 3.96. The summed E-state index contributed by atoms with van der Waals surface area (Å²) >= 11 is 1.74. The molecule has 1 aromatic heterocycles. The van der Waals surface area contributed by atoms with Crippen LogP contribution in [0.1, 0.15) is 17.4 Å². The van der Waals surface area contributed by atoms with Crippen LogP contribution in [0.4, 0.5) is 11.4 Å². The SMILES string of the molecule is COc1cc(NCc2sccc2C)ccc1NC(C)=O. The molecule has 0 fully saturated rings. The molecule has 1 amide bonds. The molecule has 0 aliphatic carbocycles. The minimum Gasteiger partial charge on any atom is -0.494 e. The second kappa shape index (κ2) is 6.43. The van der Waals surface area contributed by atoms with Gasteiger partial charge >= 0.3 is 0 Å². The standard InChI is InChI=1S/C15H18N2O2S/c1-10-6-7-20-15(10)9-16-12-4-5-13(17-11(2)18)14(8-12)19-3/h4-8,16H,9H2,1-3H3,(H,17,18). The van der Waals surface area contributed by atoms with Crippen molar-refractivity contribution in [3.05, 3.63) is 40.1 Å². The lowest BCUT2D eigenvalue weighted by atomic mass is 10.2. The molecule has 2 aromatic rings. The van der Waals surface area contributed by atoms with Crippen molar-refractivity contribution >= 4 is 28.6 Å². The van der Waals surface area contributed by atoms with Crippen LogP contribution in [0.15, 0.2) is 29.6 Å². The molecule has 0 radical (unpaired) electrons. The van der Waals surface area contributed by atoms with Crippen LogP contribution in [0.3, 0.4) is 0 Å². The maximum Gasteiger partial charge on any atom is 0.221 e. The van der Waals surface area contributed by atoms with Gasteiger partial charge in [-0.25, -0.2) is 0 Å². The zero-order valence-electron chi connectivity index (χ0n) is 11.8. The molecular weight excluding hydrogens is 272 g/mol. The van der Waals surface area contributed by atoms with Gasteiger partial charge in [0.05, 0.1) is 12.8 Å². The minimum atomic E-state index is -0.113. The van der Waals surface area contributed by atoms with Crippen molar-refractivity contribution < 1.29 is 9.53 Å². The molecule has 0 aliphatic rings. The molecule has 2 N–H and O–H groups in total. The zero-order valence-corrected chi connectivity index (χ0v) is 12.6. The number of carbonyl (C=O) groups excluding carboxylic acids is 1. The summed E-state index contributed by atoms with van der Waals surface area (Å²) in [5.41, 5.74) is 2.94. The van der Waals surface area contributed by atoms with Crippen molar-refractivity contribution in [1.82, 2.24) is 0 Å². The Morgan fingerprint density at radius 3 is 2.75 bits per heavy atom. The quantitative estimate of drug-likeness (QED) is 0.884. The van der Waals surface area contributed by atoms with E-state index >= 15 is 0 Å². The average molecular weight is 290 g/mol. The summed E-state index contributed by atoms with van der Waals surface area (Å²) in [6, 6.07) is 7.76. The van der Waals surface area contributed by atoms with Crippen LogP contribution in [0.25, 0.3) is 0 Å². The molecule has 4 nitrogen and oxygen atoms in total. The van der Waals surface area contributed by atoms with Gasteiger partial charge in [0.2, 0.25) is 5.91 Å². The molecule has 20 heavy (non-hydrogen) atoms. The third-order valence-electron chi connectivity index (χ3n) is 2.93. The molecule has 2 rings (SSSR count). The molecule has 0 saturated heterocycles. The number of hydrogen-bond donors (Lipinski definition) is 2. The van der Waals surface area contributed by atoms with Crippen LogP contribution in [0, 0.1) is 6.92 Å². The summed E-state index contributed by atoms with van der Waals surface area (Å²) in [5.74, 6) is 0.534. The average Bonchev–Trinajstić information content (AvgIpc) is 2.82. The van der Waals surface area contributed by atoms with E-state index in [-0.39, 0.29) is 5.91 Å². The Kier molecular flexibility index (Phi) is 4.63. The lowest BCUT2D eigenvalue weighted by molar-refractivity contribution is -0.114. The van der Waals surface area contributed by atoms with Gasteiger partial charge in [0.15, 0.2) is 0 Å². The van der Waals surface area contributed by atoms with Gasteiger partial charge in [0.25, 0.3) is 0 Å². The molecule has 0 bridgehead atoms. The molecule has 0 aliphatic heterocycles. The fraction of sp³-hybridized carbons (Fsp3) is 0.267. The van der Waals surface area contributed by atoms with Gasteiger partial charge in [-0.15, -0.1) is 11.3 Å². The normalized spacial score (nSPS) is 10.2. The first kappa shape index (κ1) is 14.4. The Bertz CT molecular complexity index is 608. The molecule has 5 heteroatoms. The largest absolute Gasteiger partial charge is 0.494 e. The Labute approximate surface area is 122 Å². The number of thiophene rings is 1. The second-order valence-electron chi connectivity index (χ2n) is 4.48. The molecule has 106 valence electrons. The predicted molar refractivity (Wildman–Crippen MR) is 83.7 cm³/mol. The number of anilines is 2. The van der Waals surface area contributed by atoms with Crippen LogP contribution in [0.5, 0.6) is 5.75 Å². The molecule has 0 saturated carbocycles. The number of ether oxygens (including phenoxy) is 1. The van der Waals surface area contributed by atoms with E-state index in [9.17, 15) is 4.79 Å². The Balaban J connectivity index is 2.09. The smallest absolute Gasteiger partial charge is 0.221 e. The van der Waals surface area contributed by atoms with E-state index in [2.05, 4.69) is 29.0 Å². The number of benzene rings is 1. The lowest BCUT2D eigenvalue weighted by Gasteiger charge is -2.12. The zero-order chi connectivity index (χ0) is 14.5. The van der Waals surface area contributed by atoms with E-state index in [4.69, 9.17) is 4.74 Å². The highest BCUT2D eigenvalue weighted by Crippen LogP contribution is 2.28. The van der Waals surface area contributed by atoms with Gasteiger partial charge in [-0.1, -0.05) is 0 Å². The summed E-state index contributed by atoms with van der Waals surface area (Å²) in [4.78, 5) is 12.4. The van der Waals surface area contributed by atoms with Crippen LogP contribution in [-0.2, 0) is 11.3 Å². The fourth-order valence-corrected chi connectivity index (χ4v) is 2.71. The van der Waals surface area contributed by atoms with Crippen LogP contribution in [-0.4, -0.2) is 13.0 Å². The summed E-state index contributed by atoms with van der Waals surface area (Å²) < 4.78 is 5.30. The van der Waals surface area contributed by atoms with Gasteiger partial charge in [0.1, 0.15) is 5.75 Å². The first-order chi connectivity index (χ1) is 9.60. The highest BCUT2D eigenvalue weighted by Gasteiger charge is 2.06. The van der Waals surface area contributed by atoms with Crippen LogP contribution < -0.4 is 15.4 Å². The van der Waals surface area contributed by atoms with Crippen molar-refractivity contribution in [2.75, 3.05) is 17.7 Å². The van der Waals surface area contributed by atoms with Gasteiger partial charge in [-0.2, -0.15) is 0 Å². The lowest BCUT2D eigenvalue weighted by Crippen LogP contribution is -2.07. The topological polar surface area (TPSA) is 50.4 Å². The van der Waals surface area contributed by atoms with Gasteiger partial charge in [0, 0.05) is 30.1 Å².